The fraction of sp³-hybridized carbons (Fsp3) is 0.500. The summed E-state index contributed by atoms with van der Waals surface area (Å²) >= 11 is 0. The highest BCUT2D eigenvalue weighted by Gasteiger charge is 2.41. The summed E-state index contributed by atoms with van der Waals surface area (Å²) in [4.78, 5) is 5.61. The zero-order valence-electron chi connectivity index (χ0n) is 10.4. The van der Waals surface area contributed by atoms with Crippen LogP contribution in [-0.4, -0.2) is 24.6 Å². The van der Waals surface area contributed by atoms with Crippen molar-refractivity contribution in [2.45, 2.75) is 31.5 Å². The number of benzene rings is 1. The van der Waals surface area contributed by atoms with Crippen molar-refractivity contribution in [1.29, 1.82) is 0 Å². The quantitative estimate of drug-likeness (QED) is 0.868. The average Bonchev–Trinajstić information content (AvgIpc) is 2.82. The monoisotopic (exact) mass is 246 g/mol. The Morgan fingerprint density at radius 1 is 1.22 bits per heavy atom. The molecule has 0 radical (unpaired) electrons. The summed E-state index contributed by atoms with van der Waals surface area (Å²) in [7, 11) is 0. The van der Waals surface area contributed by atoms with E-state index in [0.717, 1.165) is 43.8 Å². The maximum Gasteiger partial charge on any atom is 0.230 e. The Labute approximate surface area is 107 Å². The Morgan fingerprint density at radius 2 is 2.00 bits per heavy atom. The molecule has 1 fully saturated rings. The van der Waals surface area contributed by atoms with Gasteiger partial charge in [-0.15, -0.1) is 0 Å². The van der Waals surface area contributed by atoms with Gasteiger partial charge >= 0.3 is 0 Å². The van der Waals surface area contributed by atoms with Crippen molar-refractivity contribution in [3.05, 3.63) is 35.9 Å². The fourth-order valence-corrected chi connectivity index (χ4v) is 2.46. The van der Waals surface area contributed by atoms with E-state index in [1.54, 1.807) is 0 Å². The van der Waals surface area contributed by atoms with Gasteiger partial charge in [0, 0.05) is 12.8 Å². The second kappa shape index (κ2) is 4.98. The van der Waals surface area contributed by atoms with E-state index < -0.39 is 0 Å². The number of ether oxygens (including phenoxy) is 1. The smallest absolute Gasteiger partial charge is 0.230 e. The van der Waals surface area contributed by atoms with Gasteiger partial charge in [-0.1, -0.05) is 35.5 Å². The van der Waals surface area contributed by atoms with Crippen molar-refractivity contribution in [2.75, 3.05) is 13.1 Å². The lowest BCUT2D eigenvalue weighted by molar-refractivity contribution is -0.0400. The maximum atomic E-state index is 5.72. The largest absolute Gasteiger partial charge is 0.474 e. The van der Waals surface area contributed by atoms with E-state index in [0.29, 0.717) is 6.61 Å². The van der Waals surface area contributed by atoms with Crippen LogP contribution < -0.4 is 5.32 Å². The van der Waals surface area contributed by atoms with Gasteiger partial charge in [-0.3, -0.25) is 0 Å². The topological polar surface area (TPSA) is 42.9 Å². The highest BCUT2D eigenvalue weighted by atomic mass is 16.7. The van der Waals surface area contributed by atoms with Gasteiger partial charge in [0.1, 0.15) is 12.2 Å². The van der Waals surface area contributed by atoms with Crippen LogP contribution in [-0.2, 0) is 16.2 Å². The average molecular weight is 246 g/mol. The van der Waals surface area contributed by atoms with Gasteiger partial charge in [0.05, 0.1) is 6.42 Å². The molecule has 0 bridgehead atoms. The molecule has 0 unspecified atom stereocenters. The Morgan fingerprint density at radius 3 is 2.78 bits per heavy atom. The lowest BCUT2D eigenvalue weighted by Gasteiger charge is -2.30. The molecule has 1 N–H and O–H groups in total. The minimum absolute atomic E-state index is 0.0999. The first-order valence-electron chi connectivity index (χ1n) is 6.49. The lowest BCUT2D eigenvalue weighted by Crippen LogP contribution is -2.42. The number of piperidine rings is 1. The minimum Gasteiger partial charge on any atom is -0.474 e. The van der Waals surface area contributed by atoms with Crippen molar-refractivity contribution in [1.82, 2.24) is 5.32 Å². The van der Waals surface area contributed by atoms with Crippen LogP contribution in [0.15, 0.2) is 35.5 Å². The number of nitrogens with one attached hydrogen (secondary N) is 1. The summed E-state index contributed by atoms with van der Waals surface area (Å²) in [6, 6.07) is 10.1. The lowest BCUT2D eigenvalue weighted by atomic mass is 9.89. The first-order valence-corrected chi connectivity index (χ1v) is 6.49. The molecule has 1 aromatic carbocycles. The summed E-state index contributed by atoms with van der Waals surface area (Å²) in [6.07, 6.45) is 2.82. The van der Waals surface area contributed by atoms with Gasteiger partial charge in [0.15, 0.2) is 0 Å². The van der Waals surface area contributed by atoms with Gasteiger partial charge in [0.25, 0.3) is 0 Å². The highest BCUT2D eigenvalue weighted by molar-refractivity contribution is 5.78. The molecule has 3 rings (SSSR count). The molecular weight excluding hydrogens is 228 g/mol. The first kappa shape index (κ1) is 11.5. The SMILES string of the molecule is c1ccc(COC2=NOC3(CCNCC3)C2)cc1. The standard InChI is InChI=1S/C14H18N2O2/c1-2-4-12(5-3-1)11-17-13-10-14(18-16-13)6-8-15-9-7-14/h1-5,15H,6-11H2. The maximum absolute atomic E-state index is 5.72. The molecule has 18 heavy (non-hydrogen) atoms. The van der Waals surface area contributed by atoms with Gasteiger partial charge in [-0.2, -0.15) is 0 Å². The van der Waals surface area contributed by atoms with E-state index in [1.165, 1.54) is 0 Å². The molecule has 0 saturated carbocycles. The van der Waals surface area contributed by atoms with Crippen LogP contribution in [0.2, 0.25) is 0 Å². The molecule has 1 saturated heterocycles. The minimum atomic E-state index is -0.0999. The van der Waals surface area contributed by atoms with Crippen molar-refractivity contribution in [3.63, 3.8) is 0 Å². The fourth-order valence-electron chi connectivity index (χ4n) is 2.46. The second-order valence-electron chi connectivity index (χ2n) is 4.96. The zero-order valence-corrected chi connectivity index (χ0v) is 10.4. The summed E-state index contributed by atoms with van der Waals surface area (Å²) in [5.74, 6) is 0.737. The number of rotatable bonds is 2. The Balaban J connectivity index is 1.53. The van der Waals surface area contributed by atoms with Gasteiger partial charge < -0.3 is 14.9 Å². The summed E-state index contributed by atoms with van der Waals surface area (Å²) < 4.78 is 5.72. The second-order valence-corrected chi connectivity index (χ2v) is 4.96. The van der Waals surface area contributed by atoms with Gasteiger partial charge in [0.2, 0.25) is 5.90 Å². The highest BCUT2D eigenvalue weighted by Crippen LogP contribution is 2.32. The van der Waals surface area contributed by atoms with Crippen LogP contribution in [0.4, 0.5) is 0 Å². The molecule has 2 aliphatic rings. The molecule has 1 spiro atoms. The van der Waals surface area contributed by atoms with E-state index in [1.807, 2.05) is 18.2 Å². The van der Waals surface area contributed by atoms with Crippen LogP contribution in [0, 0.1) is 0 Å². The Bertz CT molecular complexity index is 425. The van der Waals surface area contributed by atoms with Crippen molar-refractivity contribution in [3.8, 4) is 0 Å². The van der Waals surface area contributed by atoms with Crippen molar-refractivity contribution < 1.29 is 9.57 Å². The van der Waals surface area contributed by atoms with Crippen LogP contribution in [0.3, 0.4) is 0 Å². The van der Waals surface area contributed by atoms with E-state index in [9.17, 15) is 0 Å². The van der Waals surface area contributed by atoms with E-state index >= 15 is 0 Å². The number of nitrogens with zero attached hydrogens (tertiary/aromatic N) is 1. The van der Waals surface area contributed by atoms with Crippen LogP contribution in [0.5, 0.6) is 0 Å². The molecule has 4 nitrogen and oxygen atoms in total. The molecule has 0 aliphatic carbocycles. The third-order valence-corrected chi connectivity index (χ3v) is 3.58. The van der Waals surface area contributed by atoms with Crippen LogP contribution in [0.25, 0.3) is 0 Å². The van der Waals surface area contributed by atoms with Crippen molar-refractivity contribution >= 4 is 5.90 Å². The molecule has 2 aliphatic heterocycles. The molecule has 0 aromatic heterocycles. The third-order valence-electron chi connectivity index (χ3n) is 3.58. The molecule has 4 heteroatoms. The summed E-state index contributed by atoms with van der Waals surface area (Å²) in [6.45, 7) is 2.57. The van der Waals surface area contributed by atoms with E-state index in [4.69, 9.17) is 9.57 Å². The normalized spacial score (nSPS) is 21.4. The third kappa shape index (κ3) is 2.48. The Hall–Kier alpha value is -1.55. The molecule has 2 heterocycles. The summed E-state index contributed by atoms with van der Waals surface area (Å²) in [5.41, 5.74) is 1.06. The predicted molar refractivity (Wildman–Crippen MR) is 69.2 cm³/mol. The molecule has 1 aromatic rings. The van der Waals surface area contributed by atoms with E-state index in [-0.39, 0.29) is 5.60 Å². The van der Waals surface area contributed by atoms with Crippen molar-refractivity contribution in [2.24, 2.45) is 5.16 Å². The summed E-state index contributed by atoms with van der Waals surface area (Å²) in [5, 5.41) is 7.43. The van der Waals surface area contributed by atoms with Crippen LogP contribution in [0.1, 0.15) is 24.8 Å². The number of oxime groups is 1. The van der Waals surface area contributed by atoms with E-state index in [2.05, 4.69) is 22.6 Å². The predicted octanol–water partition coefficient (Wildman–Crippen LogP) is 2.06. The number of hydrogen-bond acceptors (Lipinski definition) is 4. The zero-order chi connectivity index (χ0) is 12.3. The van der Waals surface area contributed by atoms with Gasteiger partial charge in [-0.05, 0) is 18.7 Å². The van der Waals surface area contributed by atoms with Crippen LogP contribution >= 0.6 is 0 Å². The Kier molecular flexibility index (Phi) is 3.19. The molecule has 0 atom stereocenters. The molecule has 0 amide bonds. The first-order chi connectivity index (χ1) is 8.86. The van der Waals surface area contributed by atoms with Gasteiger partial charge in [-0.25, -0.2) is 0 Å². The molecule has 96 valence electrons. The molecular formula is C14H18N2O2. The number of hydrogen-bond donors (Lipinski definition) is 1.